The van der Waals surface area contributed by atoms with E-state index in [0.717, 1.165) is 121 Å². The number of amides is 3. The topological polar surface area (TPSA) is 150 Å². The van der Waals surface area contributed by atoms with Gasteiger partial charge in [0, 0.05) is 100 Å². The summed E-state index contributed by atoms with van der Waals surface area (Å²) < 4.78 is 50.2. The number of nitrogens with two attached hydrogens (primary N) is 1. The molecule has 5 aliphatic heterocycles. The van der Waals surface area contributed by atoms with Crippen molar-refractivity contribution in [2.45, 2.75) is 102 Å². The lowest BCUT2D eigenvalue weighted by Crippen LogP contribution is -2.49. The minimum Gasteiger partial charge on any atom is -0.377 e. The molecule has 0 spiro atoms. The van der Waals surface area contributed by atoms with Gasteiger partial charge in [-0.1, -0.05) is 25.5 Å². The number of likely N-dealkylation sites (N-methyl/N-ethyl adjacent to an activating group) is 2. The Labute approximate surface area is 416 Å². The van der Waals surface area contributed by atoms with Crippen LogP contribution in [-0.4, -0.2) is 160 Å². The molecule has 0 saturated carbocycles. The Balaban J connectivity index is 0.748. The fourth-order valence-corrected chi connectivity index (χ4v) is 11.7. The first-order valence-electron chi connectivity index (χ1n) is 25.6. The van der Waals surface area contributed by atoms with Crippen molar-refractivity contribution >= 4 is 35.9 Å². The molecule has 0 aromatic heterocycles. The Hall–Kier alpha value is -4.79. The highest BCUT2D eigenvalue weighted by molar-refractivity contribution is 6.10. The molecule has 4 fully saturated rings. The van der Waals surface area contributed by atoms with Crippen molar-refractivity contribution in [1.82, 2.24) is 35.2 Å². The molecule has 5 aliphatic rings. The predicted octanol–water partition coefficient (Wildman–Crippen LogP) is 5.28. The molecule has 4 saturated heterocycles. The number of ether oxygens (including phenoxy) is 1. The molecule has 0 bridgehead atoms. The number of nitrogens with one attached hydrogen (secondary N) is 2. The summed E-state index contributed by atoms with van der Waals surface area (Å²) in [6, 6.07) is 15.9. The van der Waals surface area contributed by atoms with Crippen LogP contribution in [0.2, 0.25) is 0 Å². The van der Waals surface area contributed by atoms with Crippen molar-refractivity contribution in [2.75, 3.05) is 102 Å². The van der Waals surface area contributed by atoms with E-state index in [0.29, 0.717) is 68.3 Å². The molecule has 71 heavy (non-hydrogen) atoms. The van der Waals surface area contributed by atoms with Crippen molar-refractivity contribution in [3.05, 3.63) is 93.5 Å². The van der Waals surface area contributed by atoms with Gasteiger partial charge in [0.15, 0.2) is 0 Å². The number of fused-ring (bicyclic) bond motifs is 1. The van der Waals surface area contributed by atoms with Crippen LogP contribution in [0.15, 0.2) is 54.6 Å². The van der Waals surface area contributed by atoms with Crippen LogP contribution >= 0.6 is 0 Å². The van der Waals surface area contributed by atoms with Gasteiger partial charge < -0.3 is 19.4 Å². The van der Waals surface area contributed by atoms with Crippen LogP contribution in [0.25, 0.3) is 0 Å². The number of nitrogens with zero attached hydrogens (tertiary/aromatic N) is 7. The van der Waals surface area contributed by atoms with Gasteiger partial charge in [-0.15, -0.1) is 0 Å². The SMILES string of the molecule is CCCC(C(=O)NC=O)N(C)Cc1cc(N2CCN(CC3CCN(CCOC4CCN(Cc5cc6c(c(C(F)(F)F)c5)CN(c5cccc([C@H]7CCN(C)C7NN)c5)C6=O)CC4)CC3)CC2)ccc1C=O. The summed E-state index contributed by atoms with van der Waals surface area (Å²) in [5.74, 6) is 5.84. The highest BCUT2D eigenvalue weighted by atomic mass is 19.4. The molecule has 3 atom stereocenters. The van der Waals surface area contributed by atoms with Crippen LogP contribution in [0.4, 0.5) is 24.5 Å². The van der Waals surface area contributed by atoms with Crippen molar-refractivity contribution in [3.8, 4) is 0 Å². The van der Waals surface area contributed by atoms with E-state index in [1.165, 1.54) is 11.0 Å². The van der Waals surface area contributed by atoms with E-state index in [9.17, 15) is 32.3 Å². The molecular formula is C53H73F3N10O5. The van der Waals surface area contributed by atoms with Gasteiger partial charge in [0.25, 0.3) is 5.91 Å². The zero-order chi connectivity index (χ0) is 50.2. The first-order chi connectivity index (χ1) is 34.3. The van der Waals surface area contributed by atoms with Crippen LogP contribution in [0.5, 0.6) is 0 Å². The summed E-state index contributed by atoms with van der Waals surface area (Å²) in [7, 11) is 3.85. The van der Waals surface area contributed by atoms with Gasteiger partial charge in [0.2, 0.25) is 12.3 Å². The quantitative estimate of drug-likeness (QED) is 0.0768. The number of piperidine rings is 2. The lowest BCUT2D eigenvalue weighted by atomic mass is 9.95. The van der Waals surface area contributed by atoms with Gasteiger partial charge in [0.1, 0.15) is 6.29 Å². The van der Waals surface area contributed by atoms with Gasteiger partial charge in [-0.05, 0) is 136 Å². The molecule has 3 aromatic rings. The molecule has 2 unspecified atom stereocenters. The Morgan fingerprint density at radius 1 is 0.901 bits per heavy atom. The predicted molar refractivity (Wildman–Crippen MR) is 268 cm³/mol. The van der Waals surface area contributed by atoms with Crippen LogP contribution in [0.1, 0.15) is 106 Å². The molecule has 0 aliphatic carbocycles. The van der Waals surface area contributed by atoms with E-state index in [1.54, 1.807) is 12.1 Å². The number of carbonyl (C=O) groups is 4. The summed E-state index contributed by atoms with van der Waals surface area (Å²) >= 11 is 0. The highest BCUT2D eigenvalue weighted by Gasteiger charge is 2.41. The normalized spacial score (nSPS) is 21.8. The number of rotatable bonds is 20. The molecule has 18 heteroatoms. The minimum absolute atomic E-state index is 0.0333. The molecule has 386 valence electrons. The summed E-state index contributed by atoms with van der Waals surface area (Å²) in [5.41, 5.74) is 6.91. The highest BCUT2D eigenvalue weighted by Crippen LogP contribution is 2.41. The minimum atomic E-state index is -4.60. The first kappa shape index (κ1) is 52.5. The number of hydrogen-bond donors (Lipinski definition) is 3. The monoisotopic (exact) mass is 987 g/mol. The van der Waals surface area contributed by atoms with Crippen molar-refractivity contribution in [1.29, 1.82) is 0 Å². The zero-order valence-electron chi connectivity index (χ0n) is 41.7. The van der Waals surface area contributed by atoms with Gasteiger partial charge in [-0.25, -0.2) is 5.43 Å². The van der Waals surface area contributed by atoms with E-state index in [-0.39, 0.29) is 41.8 Å². The third-order valence-electron chi connectivity index (χ3n) is 15.8. The van der Waals surface area contributed by atoms with Gasteiger partial charge >= 0.3 is 6.18 Å². The third-order valence-corrected chi connectivity index (χ3v) is 15.8. The Kier molecular flexibility index (Phi) is 17.6. The van der Waals surface area contributed by atoms with Gasteiger partial charge in [-0.3, -0.25) is 49.9 Å². The van der Waals surface area contributed by atoms with E-state index in [4.69, 9.17) is 10.6 Å². The first-order valence-corrected chi connectivity index (χ1v) is 25.6. The van der Waals surface area contributed by atoms with Crippen LogP contribution in [0, 0.1) is 5.92 Å². The Bertz CT molecular complexity index is 2310. The van der Waals surface area contributed by atoms with Crippen molar-refractivity contribution in [2.24, 2.45) is 11.8 Å². The molecule has 8 rings (SSSR count). The summed E-state index contributed by atoms with van der Waals surface area (Å²) in [6.45, 7) is 13.3. The number of aldehydes is 1. The van der Waals surface area contributed by atoms with E-state index in [1.807, 2.05) is 56.3 Å². The number of imide groups is 1. The van der Waals surface area contributed by atoms with Crippen LogP contribution in [0.3, 0.4) is 0 Å². The number of carbonyl (C=O) groups excluding carboxylic acids is 4. The van der Waals surface area contributed by atoms with E-state index < -0.39 is 23.7 Å². The number of benzene rings is 3. The average Bonchev–Trinajstić information content (AvgIpc) is 3.92. The Morgan fingerprint density at radius 2 is 1.65 bits per heavy atom. The molecule has 4 N–H and O–H groups in total. The number of piperazine rings is 1. The molecule has 3 amide bonds. The van der Waals surface area contributed by atoms with E-state index in [2.05, 4.69) is 41.3 Å². The fraction of sp³-hybridized carbons (Fsp3) is 0.585. The number of anilines is 2. The van der Waals surface area contributed by atoms with Crippen LogP contribution in [-0.2, 0) is 40.1 Å². The number of likely N-dealkylation sites (tertiary alicyclic amines) is 3. The molecule has 5 heterocycles. The van der Waals surface area contributed by atoms with Crippen LogP contribution < -0.4 is 26.4 Å². The maximum absolute atomic E-state index is 14.6. The standard InChI is InChI=1S/C53H73F3N10O5/c1-4-6-49(51(69)58-36-68)61(3)33-41-30-42(10-9-40(41)35-67)65-23-21-64(22-24-65)31-37-11-17-62(18-12-37)25-26-71-44-13-19-63(20-14-44)32-38-27-46-47(48(28-38)53(54,55)56)34-66(52(46)70)43-8-5-7-39(29-43)45-15-16-60(2)50(45)59-57/h5,7-10,27-30,35-37,44-45,49-50,59H,4,6,11-26,31-34,57H2,1-3H3,(H,58,68,69)/t45-,49?,50?/m1/s1. The lowest BCUT2D eigenvalue weighted by molar-refractivity contribution is -0.138. The summed E-state index contributed by atoms with van der Waals surface area (Å²) in [6.07, 6.45) is 2.88. The fourth-order valence-electron chi connectivity index (χ4n) is 11.7. The maximum Gasteiger partial charge on any atom is 0.416 e. The second-order valence-corrected chi connectivity index (χ2v) is 20.4. The van der Waals surface area contributed by atoms with Gasteiger partial charge in [-0.2, -0.15) is 13.2 Å². The molecule has 0 radical (unpaired) electrons. The zero-order valence-corrected chi connectivity index (χ0v) is 41.7. The second kappa shape index (κ2) is 23.8. The van der Waals surface area contributed by atoms with Crippen molar-refractivity contribution < 1.29 is 37.1 Å². The Morgan fingerprint density at radius 3 is 2.34 bits per heavy atom. The van der Waals surface area contributed by atoms with Crippen molar-refractivity contribution in [3.63, 3.8) is 0 Å². The summed E-state index contributed by atoms with van der Waals surface area (Å²) in [4.78, 5) is 64.5. The number of hydrazine groups is 1. The lowest BCUT2D eigenvalue weighted by Gasteiger charge is -2.40. The smallest absolute Gasteiger partial charge is 0.377 e. The average molecular weight is 987 g/mol. The maximum atomic E-state index is 14.6. The molecule has 3 aromatic carbocycles. The number of hydrogen-bond acceptors (Lipinski definition) is 13. The van der Waals surface area contributed by atoms with E-state index >= 15 is 0 Å². The number of alkyl halides is 3. The third kappa shape index (κ3) is 12.7. The second-order valence-electron chi connectivity index (χ2n) is 20.4. The summed E-state index contributed by atoms with van der Waals surface area (Å²) in [5, 5.41) is 2.29. The number of halogens is 3. The molecule has 15 nitrogen and oxygen atoms in total. The largest absolute Gasteiger partial charge is 0.416 e. The molecular weight excluding hydrogens is 914 g/mol. The van der Waals surface area contributed by atoms with Gasteiger partial charge in [0.05, 0.1) is 37.0 Å².